The molecule has 0 aromatic carbocycles. The van der Waals surface area contributed by atoms with Gasteiger partial charge in [-0.2, -0.15) is 0 Å². The largest absolute Gasteiger partial charge is 0.392 e. The second-order valence-corrected chi connectivity index (χ2v) is 6.94. The number of likely N-dealkylation sites (tertiary alicyclic amines) is 2. The number of H-pyrrole nitrogens is 1. The van der Waals surface area contributed by atoms with E-state index in [0.29, 0.717) is 13.0 Å². The van der Waals surface area contributed by atoms with Crippen LogP contribution in [0.5, 0.6) is 0 Å². The molecule has 22 heavy (non-hydrogen) atoms. The number of nitrogens with zero attached hydrogens (tertiary/aromatic N) is 3. The SMILES string of the molecule is CC(O)CN1CC2(CCC1=O)CCN(Cc1ncc[nH]1)CC2. The van der Waals surface area contributed by atoms with Crippen LogP contribution in [0.1, 0.15) is 38.4 Å². The van der Waals surface area contributed by atoms with E-state index in [-0.39, 0.29) is 11.3 Å². The normalized spacial score (nSPS) is 23.9. The number of imidazole rings is 1. The fraction of sp³-hybridized carbons (Fsp3) is 0.750. The Labute approximate surface area is 131 Å². The number of aliphatic hydroxyl groups is 1. The average molecular weight is 306 g/mol. The van der Waals surface area contributed by atoms with Crippen LogP contribution in [-0.2, 0) is 11.3 Å². The number of aromatic amines is 1. The van der Waals surface area contributed by atoms with Crippen LogP contribution in [0.15, 0.2) is 12.4 Å². The topological polar surface area (TPSA) is 72.5 Å². The highest BCUT2D eigenvalue weighted by Crippen LogP contribution is 2.40. The molecule has 1 amide bonds. The van der Waals surface area contributed by atoms with E-state index in [1.807, 2.05) is 11.1 Å². The van der Waals surface area contributed by atoms with Gasteiger partial charge in [0.05, 0.1) is 12.6 Å². The number of hydrogen-bond acceptors (Lipinski definition) is 4. The van der Waals surface area contributed by atoms with Crippen molar-refractivity contribution in [3.05, 3.63) is 18.2 Å². The Morgan fingerprint density at radius 2 is 2.18 bits per heavy atom. The second kappa shape index (κ2) is 6.38. The van der Waals surface area contributed by atoms with Gasteiger partial charge in [-0.15, -0.1) is 0 Å². The smallest absolute Gasteiger partial charge is 0.222 e. The summed E-state index contributed by atoms with van der Waals surface area (Å²) < 4.78 is 0. The molecule has 3 rings (SSSR count). The minimum atomic E-state index is -0.446. The molecule has 2 N–H and O–H groups in total. The summed E-state index contributed by atoms with van der Waals surface area (Å²) in [5.41, 5.74) is 0.252. The number of rotatable bonds is 4. The van der Waals surface area contributed by atoms with Gasteiger partial charge in [0.1, 0.15) is 5.82 Å². The number of carbonyl (C=O) groups is 1. The number of hydrogen-bond donors (Lipinski definition) is 2. The lowest BCUT2D eigenvalue weighted by molar-refractivity contribution is -0.140. The van der Waals surface area contributed by atoms with E-state index < -0.39 is 6.10 Å². The van der Waals surface area contributed by atoms with Gasteiger partial charge in [-0.05, 0) is 44.7 Å². The summed E-state index contributed by atoms with van der Waals surface area (Å²) in [5.74, 6) is 1.22. The highest BCUT2D eigenvalue weighted by atomic mass is 16.3. The summed E-state index contributed by atoms with van der Waals surface area (Å²) in [6, 6.07) is 0. The van der Waals surface area contributed by atoms with Gasteiger partial charge < -0.3 is 15.0 Å². The fourth-order valence-corrected chi connectivity index (χ4v) is 3.78. The summed E-state index contributed by atoms with van der Waals surface area (Å²) in [4.78, 5) is 23.8. The lowest BCUT2D eigenvalue weighted by atomic mass is 9.72. The van der Waals surface area contributed by atoms with E-state index >= 15 is 0 Å². The maximum atomic E-state index is 12.0. The van der Waals surface area contributed by atoms with Crippen molar-refractivity contribution >= 4 is 5.91 Å². The van der Waals surface area contributed by atoms with E-state index in [9.17, 15) is 9.90 Å². The lowest BCUT2D eigenvalue weighted by Gasteiger charge is -2.47. The van der Waals surface area contributed by atoms with Gasteiger partial charge in [-0.1, -0.05) is 0 Å². The minimum Gasteiger partial charge on any atom is -0.392 e. The third-order valence-electron chi connectivity index (χ3n) is 5.08. The first kappa shape index (κ1) is 15.5. The number of nitrogens with one attached hydrogen (secondary N) is 1. The number of β-amino-alcohol motifs (C(OH)–C–C–N with tert-alkyl or cyclic N) is 1. The Hall–Kier alpha value is -1.40. The Balaban J connectivity index is 1.56. The molecule has 1 aromatic heterocycles. The summed E-state index contributed by atoms with van der Waals surface area (Å²) in [6.45, 7) is 6.01. The summed E-state index contributed by atoms with van der Waals surface area (Å²) in [6.07, 6.45) is 7.08. The minimum absolute atomic E-state index is 0.199. The lowest BCUT2D eigenvalue weighted by Crippen LogP contribution is -2.52. The van der Waals surface area contributed by atoms with E-state index in [1.54, 1.807) is 13.1 Å². The third kappa shape index (κ3) is 3.50. The first-order valence-electron chi connectivity index (χ1n) is 8.23. The quantitative estimate of drug-likeness (QED) is 0.870. The van der Waals surface area contributed by atoms with E-state index in [2.05, 4.69) is 14.9 Å². The van der Waals surface area contributed by atoms with Crippen LogP contribution in [0.4, 0.5) is 0 Å². The van der Waals surface area contributed by atoms with Crippen molar-refractivity contribution in [3.8, 4) is 0 Å². The molecule has 2 fully saturated rings. The van der Waals surface area contributed by atoms with Crippen LogP contribution < -0.4 is 0 Å². The molecule has 2 aliphatic heterocycles. The predicted octanol–water partition coefficient (Wildman–Crippen LogP) is 0.995. The molecule has 3 heterocycles. The number of piperidine rings is 2. The van der Waals surface area contributed by atoms with E-state index in [0.717, 1.165) is 51.3 Å². The molecule has 122 valence electrons. The van der Waals surface area contributed by atoms with Gasteiger partial charge in [0.2, 0.25) is 5.91 Å². The van der Waals surface area contributed by atoms with E-state index in [1.165, 1.54) is 0 Å². The number of amides is 1. The Morgan fingerprint density at radius 1 is 1.41 bits per heavy atom. The van der Waals surface area contributed by atoms with Crippen molar-refractivity contribution < 1.29 is 9.90 Å². The monoisotopic (exact) mass is 306 g/mol. The standard InChI is InChI=1S/C16H26N4O2/c1-13(21)10-20-12-16(3-2-15(20)22)4-8-19(9-5-16)11-14-17-6-7-18-14/h6-7,13,21H,2-5,8-12H2,1H3,(H,17,18). The maximum Gasteiger partial charge on any atom is 0.222 e. The van der Waals surface area contributed by atoms with Crippen LogP contribution in [0.2, 0.25) is 0 Å². The zero-order valence-electron chi connectivity index (χ0n) is 13.3. The van der Waals surface area contributed by atoms with Crippen molar-refractivity contribution in [1.82, 2.24) is 19.8 Å². The highest BCUT2D eigenvalue weighted by Gasteiger charge is 2.41. The molecule has 6 nitrogen and oxygen atoms in total. The highest BCUT2D eigenvalue weighted by molar-refractivity contribution is 5.77. The molecule has 0 saturated carbocycles. The van der Waals surface area contributed by atoms with Gasteiger partial charge >= 0.3 is 0 Å². The Bertz CT molecular complexity index is 492. The van der Waals surface area contributed by atoms with Crippen molar-refractivity contribution in [2.75, 3.05) is 26.2 Å². The molecule has 1 aromatic rings. The summed E-state index contributed by atoms with van der Waals surface area (Å²) >= 11 is 0. The Kier molecular flexibility index (Phi) is 4.49. The molecular weight excluding hydrogens is 280 g/mol. The van der Waals surface area contributed by atoms with Gasteiger partial charge in [-0.3, -0.25) is 9.69 Å². The molecule has 0 radical (unpaired) electrons. The molecule has 0 aliphatic carbocycles. The van der Waals surface area contributed by atoms with Gasteiger partial charge in [0.15, 0.2) is 0 Å². The molecular formula is C16H26N4O2. The van der Waals surface area contributed by atoms with Crippen LogP contribution in [0.25, 0.3) is 0 Å². The predicted molar refractivity (Wildman–Crippen MR) is 83.0 cm³/mol. The third-order valence-corrected chi connectivity index (χ3v) is 5.08. The molecule has 6 heteroatoms. The zero-order chi connectivity index (χ0) is 15.6. The van der Waals surface area contributed by atoms with E-state index in [4.69, 9.17) is 0 Å². The average Bonchev–Trinajstić information content (AvgIpc) is 2.98. The first-order chi connectivity index (χ1) is 10.6. The molecule has 2 saturated heterocycles. The molecule has 1 atom stereocenters. The first-order valence-corrected chi connectivity index (χ1v) is 8.23. The number of carbonyl (C=O) groups excluding carboxylic acids is 1. The van der Waals surface area contributed by atoms with Gasteiger partial charge in [-0.25, -0.2) is 4.98 Å². The molecule has 1 unspecified atom stereocenters. The van der Waals surface area contributed by atoms with Crippen molar-refractivity contribution in [2.24, 2.45) is 5.41 Å². The van der Waals surface area contributed by atoms with Crippen LogP contribution in [-0.4, -0.2) is 63.1 Å². The number of aromatic nitrogens is 2. The fourth-order valence-electron chi connectivity index (χ4n) is 3.78. The Morgan fingerprint density at radius 3 is 2.82 bits per heavy atom. The summed E-state index contributed by atoms with van der Waals surface area (Å²) in [5, 5.41) is 9.58. The van der Waals surface area contributed by atoms with Gasteiger partial charge in [0, 0.05) is 31.9 Å². The second-order valence-electron chi connectivity index (χ2n) is 6.94. The van der Waals surface area contributed by atoms with Gasteiger partial charge in [0.25, 0.3) is 0 Å². The van der Waals surface area contributed by atoms with Crippen molar-refractivity contribution in [3.63, 3.8) is 0 Å². The molecule has 0 bridgehead atoms. The zero-order valence-corrected chi connectivity index (χ0v) is 13.3. The number of aliphatic hydroxyl groups excluding tert-OH is 1. The van der Waals surface area contributed by atoms with Crippen molar-refractivity contribution in [2.45, 2.75) is 45.3 Å². The maximum absolute atomic E-state index is 12.0. The van der Waals surface area contributed by atoms with Crippen molar-refractivity contribution in [1.29, 1.82) is 0 Å². The molecule has 1 spiro atoms. The molecule has 2 aliphatic rings. The van der Waals surface area contributed by atoms with Crippen LogP contribution in [0, 0.1) is 5.41 Å². The van der Waals surface area contributed by atoms with Crippen LogP contribution >= 0.6 is 0 Å². The van der Waals surface area contributed by atoms with Crippen LogP contribution in [0.3, 0.4) is 0 Å². The summed E-state index contributed by atoms with van der Waals surface area (Å²) in [7, 11) is 0.